The molecule has 1 aliphatic rings. The van der Waals surface area contributed by atoms with Crippen LogP contribution in [0, 0.1) is 5.92 Å². The summed E-state index contributed by atoms with van der Waals surface area (Å²) in [4.78, 5) is 36.5. The molecule has 0 saturated carbocycles. The zero-order chi connectivity index (χ0) is 25.4. The minimum atomic E-state index is -0.941. The fourth-order valence-corrected chi connectivity index (χ4v) is 4.62. The lowest BCUT2D eigenvalue weighted by Crippen LogP contribution is -2.45. The van der Waals surface area contributed by atoms with Gasteiger partial charge in [-0.25, -0.2) is 4.79 Å². The summed E-state index contributed by atoms with van der Waals surface area (Å²) >= 11 is 0. The van der Waals surface area contributed by atoms with Crippen LogP contribution < -0.4 is 10.6 Å². The molecule has 2 atom stereocenters. The van der Waals surface area contributed by atoms with Crippen molar-refractivity contribution >= 4 is 18.0 Å². The molecule has 0 aliphatic heterocycles. The first-order chi connectivity index (χ1) is 16.8. The first-order valence-corrected chi connectivity index (χ1v) is 12.4. The number of carboxylic acids is 1. The highest BCUT2D eigenvalue weighted by Gasteiger charge is 2.30. The third-order valence-corrected chi connectivity index (χ3v) is 6.55. The molecular weight excluding hydrogens is 444 g/mol. The van der Waals surface area contributed by atoms with E-state index in [1.54, 1.807) is 0 Å². The molecule has 1 aliphatic carbocycles. The number of hydrogen-bond acceptors (Lipinski definition) is 4. The normalized spacial score (nSPS) is 14.1. The average Bonchev–Trinajstić information content (AvgIpc) is 3.14. The third-order valence-electron chi connectivity index (χ3n) is 6.55. The lowest BCUT2D eigenvalue weighted by molar-refractivity contribution is -0.137. The lowest BCUT2D eigenvalue weighted by Gasteiger charge is -2.24. The van der Waals surface area contributed by atoms with Gasteiger partial charge in [-0.2, -0.15) is 0 Å². The number of ether oxygens (including phenoxy) is 1. The Morgan fingerprint density at radius 2 is 1.54 bits per heavy atom. The number of carboxylic acid groups (broad SMARTS) is 1. The molecule has 0 heterocycles. The molecule has 0 bridgehead atoms. The van der Waals surface area contributed by atoms with Gasteiger partial charge in [0.1, 0.15) is 6.61 Å². The monoisotopic (exact) mass is 480 g/mol. The van der Waals surface area contributed by atoms with Gasteiger partial charge in [0.25, 0.3) is 0 Å². The molecule has 3 rings (SSSR count). The van der Waals surface area contributed by atoms with Crippen LogP contribution in [0.15, 0.2) is 48.5 Å². The summed E-state index contributed by atoms with van der Waals surface area (Å²) in [5.41, 5.74) is 4.59. The van der Waals surface area contributed by atoms with E-state index in [1.807, 2.05) is 45.0 Å². The van der Waals surface area contributed by atoms with Crippen molar-refractivity contribution < 1.29 is 24.2 Å². The Labute approximate surface area is 207 Å². The highest BCUT2D eigenvalue weighted by Crippen LogP contribution is 2.44. The van der Waals surface area contributed by atoms with Crippen LogP contribution in [0.4, 0.5) is 4.79 Å². The smallest absolute Gasteiger partial charge is 0.407 e. The van der Waals surface area contributed by atoms with Crippen molar-refractivity contribution in [3.8, 4) is 11.1 Å². The van der Waals surface area contributed by atoms with E-state index >= 15 is 0 Å². The number of carbonyl (C=O) groups excluding carboxylic acids is 2. The maximum Gasteiger partial charge on any atom is 0.407 e. The molecule has 0 fully saturated rings. The minimum Gasteiger partial charge on any atom is -0.481 e. The topological polar surface area (TPSA) is 105 Å². The summed E-state index contributed by atoms with van der Waals surface area (Å²) in [5, 5.41) is 14.8. The zero-order valence-electron chi connectivity index (χ0n) is 20.8. The van der Waals surface area contributed by atoms with E-state index in [0.29, 0.717) is 6.42 Å². The molecule has 7 nitrogen and oxygen atoms in total. The molecule has 0 saturated heterocycles. The molecule has 0 radical (unpaired) electrons. The van der Waals surface area contributed by atoms with Gasteiger partial charge in [0.15, 0.2) is 0 Å². The first kappa shape index (κ1) is 26.3. The summed E-state index contributed by atoms with van der Waals surface area (Å²) in [5.74, 6) is -1.26. The van der Waals surface area contributed by atoms with Crippen molar-refractivity contribution in [2.45, 2.75) is 70.9 Å². The van der Waals surface area contributed by atoms with Gasteiger partial charge in [-0.05, 0) is 34.6 Å². The number of fused-ring (bicyclic) bond motifs is 3. The van der Waals surface area contributed by atoms with Crippen LogP contribution >= 0.6 is 0 Å². The van der Waals surface area contributed by atoms with Gasteiger partial charge in [0.05, 0.1) is 6.42 Å². The number of amides is 2. The SMILES string of the molecule is CCCC[C@@H](CC(=O)O)NC(=O)C[C@@H](NC(=O)OCC1c2ccccc2-c2ccccc21)C(C)C. The van der Waals surface area contributed by atoms with E-state index in [9.17, 15) is 14.4 Å². The maximum absolute atomic E-state index is 12.7. The first-order valence-electron chi connectivity index (χ1n) is 12.4. The molecule has 0 aromatic heterocycles. The van der Waals surface area contributed by atoms with Crippen LogP contribution in [-0.4, -0.2) is 41.8 Å². The number of aliphatic carboxylic acids is 1. The summed E-state index contributed by atoms with van der Waals surface area (Å²) in [6, 6.07) is 15.4. The highest BCUT2D eigenvalue weighted by atomic mass is 16.5. The van der Waals surface area contributed by atoms with Crippen molar-refractivity contribution in [2.75, 3.05) is 6.61 Å². The van der Waals surface area contributed by atoms with Crippen molar-refractivity contribution in [2.24, 2.45) is 5.92 Å². The number of unbranched alkanes of at least 4 members (excludes halogenated alkanes) is 1. The Morgan fingerprint density at radius 1 is 0.943 bits per heavy atom. The van der Waals surface area contributed by atoms with E-state index in [4.69, 9.17) is 9.84 Å². The lowest BCUT2D eigenvalue weighted by atomic mass is 9.98. The molecule has 0 spiro atoms. The molecular formula is C28H36N2O5. The van der Waals surface area contributed by atoms with Gasteiger partial charge in [-0.15, -0.1) is 0 Å². The van der Waals surface area contributed by atoms with E-state index in [-0.39, 0.29) is 37.2 Å². The number of nitrogens with one attached hydrogen (secondary N) is 2. The Kier molecular flexibility index (Phi) is 9.29. The van der Waals surface area contributed by atoms with E-state index < -0.39 is 24.1 Å². The predicted molar refractivity (Wildman–Crippen MR) is 135 cm³/mol. The quantitative estimate of drug-likeness (QED) is 0.392. The molecule has 2 aromatic rings. The van der Waals surface area contributed by atoms with E-state index in [0.717, 1.165) is 35.1 Å². The Hall–Kier alpha value is -3.35. The molecule has 0 unspecified atom stereocenters. The predicted octanol–water partition coefficient (Wildman–Crippen LogP) is 5.09. The standard InChI is InChI=1S/C28H36N2O5/c1-4-5-10-19(15-27(32)33)29-26(31)16-25(18(2)3)30-28(34)35-17-24-22-13-8-6-11-20(22)21-12-7-9-14-23(21)24/h6-9,11-14,18-19,24-25H,4-5,10,15-17H2,1-3H3,(H,29,31)(H,30,34)(H,32,33)/t19-,25+/m0/s1. The Balaban J connectivity index is 1.57. The second-order valence-corrected chi connectivity index (χ2v) is 9.53. The molecule has 35 heavy (non-hydrogen) atoms. The van der Waals surface area contributed by atoms with Crippen LogP contribution in [0.1, 0.15) is 69.9 Å². The summed E-state index contributed by atoms with van der Waals surface area (Å²) in [7, 11) is 0. The van der Waals surface area contributed by atoms with Crippen molar-refractivity contribution in [3.63, 3.8) is 0 Å². The van der Waals surface area contributed by atoms with Crippen LogP contribution in [0.5, 0.6) is 0 Å². The largest absolute Gasteiger partial charge is 0.481 e. The summed E-state index contributed by atoms with van der Waals surface area (Å²) in [6.07, 6.45) is 1.75. The van der Waals surface area contributed by atoms with Gasteiger partial charge in [-0.3, -0.25) is 9.59 Å². The highest BCUT2D eigenvalue weighted by molar-refractivity contribution is 5.80. The average molecular weight is 481 g/mol. The van der Waals surface area contributed by atoms with Gasteiger partial charge < -0.3 is 20.5 Å². The Bertz CT molecular complexity index is 990. The van der Waals surface area contributed by atoms with Crippen molar-refractivity contribution in [3.05, 3.63) is 59.7 Å². The van der Waals surface area contributed by atoms with Gasteiger partial charge >= 0.3 is 12.1 Å². The van der Waals surface area contributed by atoms with Crippen LogP contribution in [0.3, 0.4) is 0 Å². The molecule has 2 aromatic carbocycles. The van der Waals surface area contributed by atoms with Crippen molar-refractivity contribution in [1.82, 2.24) is 10.6 Å². The second-order valence-electron chi connectivity index (χ2n) is 9.53. The van der Waals surface area contributed by atoms with Crippen molar-refractivity contribution in [1.29, 1.82) is 0 Å². The molecule has 188 valence electrons. The van der Waals surface area contributed by atoms with E-state index in [2.05, 4.69) is 34.9 Å². The number of hydrogen-bond donors (Lipinski definition) is 3. The minimum absolute atomic E-state index is 0.00482. The number of rotatable bonds is 12. The summed E-state index contributed by atoms with van der Waals surface area (Å²) in [6.45, 7) is 6.07. The van der Waals surface area contributed by atoms with Crippen LogP contribution in [-0.2, 0) is 14.3 Å². The zero-order valence-corrected chi connectivity index (χ0v) is 20.8. The fourth-order valence-electron chi connectivity index (χ4n) is 4.62. The van der Waals surface area contributed by atoms with Gasteiger partial charge in [0, 0.05) is 24.4 Å². The maximum atomic E-state index is 12.7. The number of carbonyl (C=O) groups is 3. The molecule has 7 heteroatoms. The fraction of sp³-hybridized carbons (Fsp3) is 0.464. The van der Waals surface area contributed by atoms with E-state index in [1.165, 1.54) is 0 Å². The second kappa shape index (κ2) is 12.4. The Morgan fingerprint density at radius 3 is 2.09 bits per heavy atom. The summed E-state index contributed by atoms with van der Waals surface area (Å²) < 4.78 is 5.63. The van der Waals surface area contributed by atoms with Gasteiger partial charge in [-0.1, -0.05) is 82.1 Å². The third kappa shape index (κ3) is 7.07. The van der Waals surface area contributed by atoms with Gasteiger partial charge in [0.2, 0.25) is 5.91 Å². The number of alkyl carbamates (subject to hydrolysis) is 1. The van der Waals surface area contributed by atoms with Crippen LogP contribution in [0.2, 0.25) is 0 Å². The van der Waals surface area contributed by atoms with Crippen LogP contribution in [0.25, 0.3) is 11.1 Å². The molecule has 3 N–H and O–H groups in total. The number of benzene rings is 2. The molecule has 2 amide bonds.